The maximum absolute atomic E-state index is 5.72. The van der Waals surface area contributed by atoms with Gasteiger partial charge >= 0.3 is 0 Å². The Morgan fingerprint density at radius 3 is 2.53 bits per heavy atom. The zero-order chi connectivity index (χ0) is 14.6. The fourth-order valence-electron chi connectivity index (χ4n) is 1.44. The van der Waals surface area contributed by atoms with Gasteiger partial charge in [0.2, 0.25) is 5.95 Å². The number of aromatic nitrogens is 2. The summed E-state index contributed by atoms with van der Waals surface area (Å²) < 4.78 is 5.11. The van der Waals surface area contributed by atoms with Gasteiger partial charge in [0.25, 0.3) is 0 Å². The molecule has 0 bridgehead atoms. The largest absolute Gasteiger partial charge is 0.501 e. The number of aliphatic imine (C=N–C) groups is 1. The quantitative estimate of drug-likeness (QED) is 0.644. The molecule has 0 saturated heterocycles. The Labute approximate surface area is 113 Å². The van der Waals surface area contributed by atoms with E-state index in [1.165, 1.54) is 0 Å². The van der Waals surface area contributed by atoms with Gasteiger partial charge in [0.15, 0.2) is 5.82 Å². The van der Waals surface area contributed by atoms with E-state index in [0.717, 1.165) is 0 Å². The molecular weight excluding hydrogens is 242 g/mol. The zero-order valence-corrected chi connectivity index (χ0v) is 12.1. The molecule has 1 aromatic rings. The molecule has 6 nitrogen and oxygen atoms in total. The Hall–Kier alpha value is -2.11. The number of nitrogens with two attached hydrogens (primary N) is 1. The molecule has 1 rings (SSSR count). The Kier molecular flexibility index (Phi) is 4.47. The number of nitrogens with one attached hydrogen (secondary N) is 1. The van der Waals surface area contributed by atoms with Gasteiger partial charge < -0.3 is 15.8 Å². The third-order valence-corrected chi connectivity index (χ3v) is 2.24. The Bertz CT molecular complexity index is 502. The van der Waals surface area contributed by atoms with Crippen molar-refractivity contribution >= 4 is 30.2 Å². The molecule has 0 fully saturated rings. The van der Waals surface area contributed by atoms with Crippen molar-refractivity contribution in [1.82, 2.24) is 9.97 Å². The van der Waals surface area contributed by atoms with Gasteiger partial charge in [0.05, 0.1) is 18.6 Å². The summed E-state index contributed by atoms with van der Waals surface area (Å²) in [5, 5.41) is 3.24. The van der Waals surface area contributed by atoms with Crippen LogP contribution < -0.4 is 11.1 Å². The number of hydrogen-bond donors (Lipinski definition) is 2. The van der Waals surface area contributed by atoms with Gasteiger partial charge in [-0.1, -0.05) is 0 Å². The standard InChI is InChI=1S/C13H21N5O/c1-8(19-6)7-9-10(15-5)11(17-12(14)16-9)18-13(2,3)4/h7H,5H2,1-4,6H3,(H3,14,16,17,18)/b8-7+. The molecule has 1 aromatic heterocycles. The van der Waals surface area contributed by atoms with Gasteiger partial charge in [-0.05, 0) is 34.4 Å². The molecule has 19 heavy (non-hydrogen) atoms. The number of nitrogen functional groups attached to an aromatic ring is 1. The second-order valence-electron chi connectivity index (χ2n) is 5.16. The number of ether oxygens (including phenoxy) is 1. The predicted octanol–water partition coefficient (Wildman–Crippen LogP) is 2.61. The molecule has 1 heterocycles. The van der Waals surface area contributed by atoms with Crippen molar-refractivity contribution in [1.29, 1.82) is 0 Å². The van der Waals surface area contributed by atoms with E-state index in [9.17, 15) is 0 Å². The summed E-state index contributed by atoms with van der Waals surface area (Å²) in [4.78, 5) is 12.3. The van der Waals surface area contributed by atoms with Crippen LogP contribution in [0.3, 0.4) is 0 Å². The zero-order valence-electron chi connectivity index (χ0n) is 12.1. The molecule has 0 aliphatic heterocycles. The highest BCUT2D eigenvalue weighted by atomic mass is 16.5. The lowest BCUT2D eigenvalue weighted by molar-refractivity contribution is 0.297. The summed E-state index contributed by atoms with van der Waals surface area (Å²) >= 11 is 0. The summed E-state index contributed by atoms with van der Waals surface area (Å²) in [6.45, 7) is 11.5. The van der Waals surface area contributed by atoms with E-state index in [1.807, 2.05) is 27.7 Å². The average molecular weight is 263 g/mol. The Morgan fingerprint density at radius 2 is 2.05 bits per heavy atom. The van der Waals surface area contributed by atoms with Crippen molar-refractivity contribution < 1.29 is 4.74 Å². The number of hydrogen-bond acceptors (Lipinski definition) is 6. The fraction of sp³-hybridized carbons (Fsp3) is 0.462. The summed E-state index contributed by atoms with van der Waals surface area (Å²) in [6, 6.07) is 0. The lowest BCUT2D eigenvalue weighted by Crippen LogP contribution is -2.27. The van der Waals surface area contributed by atoms with Crippen LogP contribution in [-0.2, 0) is 4.74 Å². The molecular formula is C13H21N5O. The molecule has 6 heteroatoms. The molecule has 0 radical (unpaired) electrons. The van der Waals surface area contributed by atoms with Crippen LogP contribution in [-0.4, -0.2) is 29.3 Å². The van der Waals surface area contributed by atoms with Gasteiger partial charge in [-0.15, -0.1) is 0 Å². The predicted molar refractivity (Wildman–Crippen MR) is 79.7 cm³/mol. The number of allylic oxidation sites excluding steroid dienone is 1. The first-order chi connectivity index (χ1) is 8.76. The van der Waals surface area contributed by atoms with Crippen molar-refractivity contribution in [3.05, 3.63) is 11.5 Å². The molecule has 3 N–H and O–H groups in total. The number of nitrogens with zero attached hydrogens (tertiary/aromatic N) is 3. The Balaban J connectivity index is 3.36. The first kappa shape index (κ1) is 14.9. The lowest BCUT2D eigenvalue weighted by Gasteiger charge is -2.22. The first-order valence-electron chi connectivity index (χ1n) is 5.91. The fourth-order valence-corrected chi connectivity index (χ4v) is 1.44. The van der Waals surface area contributed by atoms with Gasteiger partial charge in [0, 0.05) is 11.6 Å². The Morgan fingerprint density at radius 1 is 1.42 bits per heavy atom. The van der Waals surface area contributed by atoms with E-state index in [-0.39, 0.29) is 11.5 Å². The van der Waals surface area contributed by atoms with Crippen LogP contribution in [0.25, 0.3) is 6.08 Å². The van der Waals surface area contributed by atoms with Crippen molar-refractivity contribution in [3.8, 4) is 0 Å². The van der Waals surface area contributed by atoms with E-state index in [2.05, 4.69) is 27.0 Å². The molecule has 0 amide bonds. The summed E-state index contributed by atoms with van der Waals surface area (Å²) in [5.41, 5.74) is 6.69. The van der Waals surface area contributed by atoms with Crippen LogP contribution in [0.15, 0.2) is 10.8 Å². The van der Waals surface area contributed by atoms with E-state index in [4.69, 9.17) is 10.5 Å². The molecule has 0 aromatic carbocycles. The van der Waals surface area contributed by atoms with Crippen LogP contribution in [0.4, 0.5) is 17.5 Å². The van der Waals surface area contributed by atoms with Crippen molar-refractivity contribution in [3.63, 3.8) is 0 Å². The molecule has 0 saturated carbocycles. The van der Waals surface area contributed by atoms with E-state index in [1.54, 1.807) is 13.2 Å². The number of rotatable bonds is 4. The van der Waals surface area contributed by atoms with E-state index >= 15 is 0 Å². The second kappa shape index (κ2) is 5.69. The summed E-state index contributed by atoms with van der Waals surface area (Å²) in [7, 11) is 1.59. The minimum absolute atomic E-state index is 0.169. The van der Waals surface area contributed by atoms with Crippen LogP contribution >= 0.6 is 0 Å². The highest BCUT2D eigenvalue weighted by molar-refractivity contribution is 5.75. The minimum Gasteiger partial charge on any atom is -0.501 e. The summed E-state index contributed by atoms with van der Waals surface area (Å²) in [6.07, 6.45) is 1.75. The number of methoxy groups -OCH3 is 1. The third-order valence-electron chi connectivity index (χ3n) is 2.24. The molecule has 0 aliphatic carbocycles. The maximum Gasteiger partial charge on any atom is 0.222 e. The second-order valence-corrected chi connectivity index (χ2v) is 5.16. The third kappa shape index (κ3) is 4.24. The molecule has 0 atom stereocenters. The smallest absolute Gasteiger partial charge is 0.222 e. The normalized spacial score (nSPS) is 12.2. The molecule has 104 valence electrons. The number of anilines is 2. The van der Waals surface area contributed by atoms with Crippen LogP contribution in [0.5, 0.6) is 0 Å². The van der Waals surface area contributed by atoms with Crippen molar-refractivity contribution in [2.45, 2.75) is 33.2 Å². The van der Waals surface area contributed by atoms with Crippen LogP contribution in [0, 0.1) is 0 Å². The molecule has 0 spiro atoms. The first-order valence-corrected chi connectivity index (χ1v) is 5.91. The molecule has 0 unspecified atom stereocenters. The van der Waals surface area contributed by atoms with E-state index in [0.29, 0.717) is 23.0 Å². The lowest BCUT2D eigenvalue weighted by atomic mass is 10.1. The van der Waals surface area contributed by atoms with Gasteiger partial charge in [0.1, 0.15) is 5.69 Å². The average Bonchev–Trinajstić information content (AvgIpc) is 2.26. The van der Waals surface area contributed by atoms with Gasteiger partial charge in [-0.25, -0.2) is 4.98 Å². The summed E-state index contributed by atoms with van der Waals surface area (Å²) in [5.74, 6) is 1.43. The topological polar surface area (TPSA) is 85.4 Å². The van der Waals surface area contributed by atoms with Crippen LogP contribution in [0.1, 0.15) is 33.4 Å². The highest BCUT2D eigenvalue weighted by Gasteiger charge is 2.17. The van der Waals surface area contributed by atoms with Crippen molar-refractivity contribution in [2.24, 2.45) is 4.99 Å². The van der Waals surface area contributed by atoms with Crippen LogP contribution in [0.2, 0.25) is 0 Å². The monoisotopic (exact) mass is 263 g/mol. The maximum atomic E-state index is 5.72. The highest BCUT2D eigenvalue weighted by Crippen LogP contribution is 2.30. The SMILES string of the molecule is C=Nc1c(/C=C(\C)OC)nc(N)nc1NC(C)(C)C. The van der Waals surface area contributed by atoms with Crippen molar-refractivity contribution in [2.75, 3.05) is 18.2 Å². The van der Waals surface area contributed by atoms with Gasteiger partial charge in [-0.3, -0.25) is 4.99 Å². The minimum atomic E-state index is -0.169. The molecule has 0 aliphatic rings. The van der Waals surface area contributed by atoms with Gasteiger partial charge in [-0.2, -0.15) is 4.98 Å². The van der Waals surface area contributed by atoms with E-state index < -0.39 is 0 Å².